The summed E-state index contributed by atoms with van der Waals surface area (Å²) in [4.78, 5) is 25.8. The van der Waals surface area contributed by atoms with Crippen LogP contribution in [0, 0.1) is 11.3 Å². The molecule has 1 aliphatic carbocycles. The molecule has 0 aromatic heterocycles. The smallest absolute Gasteiger partial charge is 0.417 e. The van der Waals surface area contributed by atoms with Gasteiger partial charge >= 0.3 is 6.09 Å². The normalized spacial score (nSPS) is 31.1. The highest BCUT2D eigenvalue weighted by atomic mass is 16.6. The Balaban J connectivity index is 1.81. The topological polar surface area (TPSA) is 46.6 Å². The SMILES string of the molecule is CC1C(c2ccccc2)OC(=O)N1C(=O)[C@H]1CC1(C)C. The van der Waals surface area contributed by atoms with E-state index in [2.05, 4.69) is 13.8 Å². The summed E-state index contributed by atoms with van der Waals surface area (Å²) in [5, 5.41) is 0. The van der Waals surface area contributed by atoms with E-state index in [4.69, 9.17) is 4.74 Å². The molecule has 0 spiro atoms. The van der Waals surface area contributed by atoms with E-state index in [1.807, 2.05) is 37.3 Å². The first kappa shape index (κ1) is 13.2. The standard InChI is InChI=1S/C16H19NO3/c1-10-13(11-7-5-4-6-8-11)20-15(19)17(10)14(18)12-9-16(12,2)3/h4-8,10,12-13H,9H2,1-3H3/t10?,12-,13?/m1/s1. The number of carbonyl (C=O) groups is 2. The molecule has 3 atom stereocenters. The summed E-state index contributed by atoms with van der Waals surface area (Å²) in [6.45, 7) is 5.97. The lowest BCUT2D eigenvalue weighted by Gasteiger charge is -2.20. The predicted molar refractivity (Wildman–Crippen MR) is 73.9 cm³/mol. The maximum Gasteiger partial charge on any atom is 0.417 e. The molecule has 2 fully saturated rings. The van der Waals surface area contributed by atoms with Crippen molar-refractivity contribution in [2.75, 3.05) is 0 Å². The van der Waals surface area contributed by atoms with E-state index in [0.29, 0.717) is 0 Å². The molecule has 4 nitrogen and oxygen atoms in total. The van der Waals surface area contributed by atoms with Crippen LogP contribution >= 0.6 is 0 Å². The minimum atomic E-state index is -0.515. The van der Waals surface area contributed by atoms with Gasteiger partial charge < -0.3 is 4.74 Å². The highest BCUT2D eigenvalue weighted by Crippen LogP contribution is 2.53. The number of ether oxygens (including phenoxy) is 1. The molecule has 1 aromatic rings. The minimum Gasteiger partial charge on any atom is -0.439 e. The Labute approximate surface area is 118 Å². The lowest BCUT2D eigenvalue weighted by molar-refractivity contribution is -0.131. The number of cyclic esters (lactones) is 1. The number of imide groups is 1. The third-order valence-corrected chi connectivity index (χ3v) is 4.45. The summed E-state index contributed by atoms with van der Waals surface area (Å²) in [7, 11) is 0. The van der Waals surface area contributed by atoms with Crippen LogP contribution in [-0.2, 0) is 9.53 Å². The number of carbonyl (C=O) groups excluding carboxylic acids is 2. The molecule has 1 saturated carbocycles. The Kier molecular flexibility index (Phi) is 2.85. The first-order chi connectivity index (χ1) is 9.42. The van der Waals surface area contributed by atoms with Gasteiger partial charge in [0.1, 0.15) is 6.10 Å². The van der Waals surface area contributed by atoms with Crippen molar-refractivity contribution in [2.45, 2.75) is 39.3 Å². The summed E-state index contributed by atoms with van der Waals surface area (Å²) in [5.74, 6) is -0.141. The molecule has 2 amide bonds. The Bertz CT molecular complexity index is 552. The Morgan fingerprint density at radius 1 is 1.30 bits per heavy atom. The van der Waals surface area contributed by atoms with Crippen molar-refractivity contribution < 1.29 is 14.3 Å². The third-order valence-electron chi connectivity index (χ3n) is 4.45. The zero-order chi connectivity index (χ0) is 14.5. The quantitative estimate of drug-likeness (QED) is 0.831. The molecule has 4 heteroatoms. The molecule has 2 unspecified atom stereocenters. The molecular formula is C16H19NO3. The second kappa shape index (κ2) is 4.33. The van der Waals surface area contributed by atoms with Crippen molar-refractivity contribution in [2.24, 2.45) is 11.3 Å². The fraction of sp³-hybridized carbons (Fsp3) is 0.500. The second-order valence-electron chi connectivity index (χ2n) is 6.41. The van der Waals surface area contributed by atoms with Crippen LogP contribution < -0.4 is 0 Å². The molecule has 3 rings (SSSR count). The third kappa shape index (κ3) is 1.99. The maximum absolute atomic E-state index is 12.4. The first-order valence-corrected chi connectivity index (χ1v) is 7.00. The van der Waals surface area contributed by atoms with Gasteiger partial charge in [0.25, 0.3) is 0 Å². The van der Waals surface area contributed by atoms with Gasteiger partial charge in [-0.25, -0.2) is 9.69 Å². The molecule has 0 N–H and O–H groups in total. The van der Waals surface area contributed by atoms with Crippen molar-refractivity contribution >= 4 is 12.0 Å². The van der Waals surface area contributed by atoms with Crippen molar-refractivity contribution in [1.82, 2.24) is 4.90 Å². The lowest BCUT2D eigenvalue weighted by Crippen LogP contribution is -2.39. The van der Waals surface area contributed by atoms with Gasteiger partial charge in [0.2, 0.25) is 5.91 Å². The zero-order valence-corrected chi connectivity index (χ0v) is 12.0. The van der Waals surface area contributed by atoms with Gasteiger partial charge in [0.15, 0.2) is 0 Å². The van der Waals surface area contributed by atoms with Crippen molar-refractivity contribution in [3.05, 3.63) is 35.9 Å². The molecule has 1 aliphatic heterocycles. The van der Waals surface area contributed by atoms with Gasteiger partial charge in [0.05, 0.1) is 6.04 Å². The van der Waals surface area contributed by atoms with Crippen molar-refractivity contribution in [3.8, 4) is 0 Å². The van der Waals surface area contributed by atoms with Gasteiger partial charge in [0, 0.05) is 5.92 Å². The highest BCUT2D eigenvalue weighted by Gasteiger charge is 2.56. The number of amides is 2. The summed E-state index contributed by atoms with van der Waals surface area (Å²) < 4.78 is 5.41. The van der Waals surface area contributed by atoms with Crippen LogP contribution in [0.5, 0.6) is 0 Å². The van der Waals surface area contributed by atoms with E-state index < -0.39 is 6.09 Å². The molecule has 0 bridgehead atoms. The minimum absolute atomic E-state index is 0.0158. The fourth-order valence-electron chi connectivity index (χ4n) is 2.90. The molecule has 1 aromatic carbocycles. The van der Waals surface area contributed by atoms with Crippen LogP contribution in [0.4, 0.5) is 4.79 Å². The zero-order valence-electron chi connectivity index (χ0n) is 12.0. The Hall–Kier alpha value is -1.84. The Morgan fingerprint density at radius 3 is 2.45 bits per heavy atom. The number of hydrogen-bond donors (Lipinski definition) is 0. The number of hydrogen-bond acceptors (Lipinski definition) is 3. The first-order valence-electron chi connectivity index (χ1n) is 7.00. The molecule has 20 heavy (non-hydrogen) atoms. The molecule has 106 valence electrons. The van der Waals surface area contributed by atoms with Gasteiger partial charge in [-0.15, -0.1) is 0 Å². The monoisotopic (exact) mass is 273 g/mol. The van der Waals surface area contributed by atoms with E-state index in [1.54, 1.807) is 0 Å². The van der Waals surface area contributed by atoms with E-state index in [-0.39, 0.29) is 29.4 Å². The molecule has 1 saturated heterocycles. The fourth-order valence-corrected chi connectivity index (χ4v) is 2.90. The molecule has 1 heterocycles. The summed E-state index contributed by atoms with van der Waals surface area (Å²) in [6, 6.07) is 9.32. The Morgan fingerprint density at radius 2 is 1.90 bits per heavy atom. The number of nitrogens with zero attached hydrogens (tertiary/aromatic N) is 1. The summed E-state index contributed by atoms with van der Waals surface area (Å²) in [6.07, 6.45) is -0.0354. The van der Waals surface area contributed by atoms with E-state index in [9.17, 15) is 9.59 Å². The van der Waals surface area contributed by atoms with Crippen LogP contribution in [0.2, 0.25) is 0 Å². The van der Waals surface area contributed by atoms with Crippen LogP contribution in [0.1, 0.15) is 38.9 Å². The molecule has 2 aliphatic rings. The van der Waals surface area contributed by atoms with Crippen molar-refractivity contribution in [3.63, 3.8) is 0 Å². The lowest BCUT2D eigenvalue weighted by atomic mass is 10.0. The molecule has 0 radical (unpaired) electrons. The van der Waals surface area contributed by atoms with Crippen LogP contribution in [-0.4, -0.2) is 22.9 Å². The van der Waals surface area contributed by atoms with Crippen molar-refractivity contribution in [1.29, 1.82) is 0 Å². The number of rotatable bonds is 2. The van der Waals surface area contributed by atoms with E-state index in [0.717, 1.165) is 12.0 Å². The van der Waals surface area contributed by atoms with Crippen LogP contribution in [0.25, 0.3) is 0 Å². The van der Waals surface area contributed by atoms with Crippen LogP contribution in [0.15, 0.2) is 30.3 Å². The number of benzene rings is 1. The maximum atomic E-state index is 12.4. The van der Waals surface area contributed by atoms with Gasteiger partial charge in [-0.05, 0) is 24.3 Å². The van der Waals surface area contributed by atoms with Gasteiger partial charge in [-0.1, -0.05) is 44.2 Å². The average Bonchev–Trinajstić information content (AvgIpc) is 2.95. The van der Waals surface area contributed by atoms with Gasteiger partial charge in [-0.2, -0.15) is 0 Å². The molecular weight excluding hydrogens is 254 g/mol. The largest absolute Gasteiger partial charge is 0.439 e. The van der Waals surface area contributed by atoms with E-state index >= 15 is 0 Å². The van der Waals surface area contributed by atoms with Gasteiger partial charge in [-0.3, -0.25) is 4.79 Å². The van der Waals surface area contributed by atoms with E-state index in [1.165, 1.54) is 4.90 Å². The summed E-state index contributed by atoms with van der Waals surface area (Å²) in [5.41, 5.74) is 0.945. The second-order valence-corrected chi connectivity index (χ2v) is 6.41. The highest BCUT2D eigenvalue weighted by molar-refractivity contribution is 5.96. The van der Waals surface area contributed by atoms with Crippen LogP contribution in [0.3, 0.4) is 0 Å². The predicted octanol–water partition coefficient (Wildman–Crippen LogP) is 3.14. The summed E-state index contributed by atoms with van der Waals surface area (Å²) >= 11 is 0. The average molecular weight is 273 g/mol.